The molecule has 2 aromatic heterocycles. The van der Waals surface area contributed by atoms with Crippen molar-refractivity contribution in [2.24, 2.45) is 5.92 Å². The summed E-state index contributed by atoms with van der Waals surface area (Å²) in [4.78, 5) is 31.7. The highest BCUT2D eigenvalue weighted by Gasteiger charge is 2.38. The molecular weight excluding hydrogens is 340 g/mol. The Morgan fingerprint density at radius 3 is 3.00 bits per heavy atom. The summed E-state index contributed by atoms with van der Waals surface area (Å²) in [6.45, 7) is 0.740. The number of aromatic nitrogens is 2. The van der Waals surface area contributed by atoms with Crippen molar-refractivity contribution in [2.75, 3.05) is 6.54 Å². The predicted octanol–water partition coefficient (Wildman–Crippen LogP) is 2.21. The Morgan fingerprint density at radius 1 is 1.40 bits per heavy atom. The fourth-order valence-electron chi connectivity index (χ4n) is 3.61. The standard InChI is InChI=1S/C17H20N4O3S/c22-15-8-11(10-21(15)12-4-1-2-5-12)16(23)18-9-14-19-17(24-20-14)13-6-3-7-25-13/h3,6-7,11-12H,1-2,4-5,8-10H2,(H,18,23)/t11-/m0/s1. The summed E-state index contributed by atoms with van der Waals surface area (Å²) in [6, 6.07) is 4.15. The van der Waals surface area contributed by atoms with Crippen LogP contribution in [0.2, 0.25) is 0 Å². The Bertz CT molecular complexity index is 752. The summed E-state index contributed by atoms with van der Waals surface area (Å²) in [5.74, 6) is 0.608. The average molecular weight is 360 g/mol. The van der Waals surface area contributed by atoms with Gasteiger partial charge < -0.3 is 14.7 Å². The van der Waals surface area contributed by atoms with Crippen LogP contribution >= 0.6 is 11.3 Å². The minimum atomic E-state index is -0.281. The summed E-state index contributed by atoms with van der Waals surface area (Å²) in [6.07, 6.45) is 4.78. The first-order chi connectivity index (χ1) is 12.2. The van der Waals surface area contributed by atoms with Crippen LogP contribution < -0.4 is 5.32 Å². The smallest absolute Gasteiger partial charge is 0.268 e. The van der Waals surface area contributed by atoms with Crippen molar-refractivity contribution in [3.8, 4) is 10.8 Å². The highest BCUT2D eigenvalue weighted by atomic mass is 32.1. The van der Waals surface area contributed by atoms with Crippen molar-refractivity contribution in [1.29, 1.82) is 0 Å². The molecule has 7 nitrogen and oxygen atoms in total. The van der Waals surface area contributed by atoms with Gasteiger partial charge in [-0.3, -0.25) is 9.59 Å². The van der Waals surface area contributed by atoms with E-state index in [1.54, 1.807) is 0 Å². The molecule has 132 valence electrons. The molecule has 2 fully saturated rings. The molecule has 1 saturated carbocycles. The fourth-order valence-corrected chi connectivity index (χ4v) is 4.26. The van der Waals surface area contributed by atoms with Gasteiger partial charge in [-0.25, -0.2) is 0 Å². The zero-order chi connectivity index (χ0) is 17.2. The lowest BCUT2D eigenvalue weighted by molar-refractivity contribution is -0.130. The first-order valence-electron chi connectivity index (χ1n) is 8.64. The van der Waals surface area contributed by atoms with Crippen LogP contribution in [0, 0.1) is 5.92 Å². The molecule has 0 aromatic carbocycles. The van der Waals surface area contributed by atoms with Gasteiger partial charge in [-0.2, -0.15) is 4.98 Å². The van der Waals surface area contributed by atoms with Gasteiger partial charge in [0.1, 0.15) is 0 Å². The molecule has 25 heavy (non-hydrogen) atoms. The molecule has 2 aromatic rings. The van der Waals surface area contributed by atoms with E-state index in [1.807, 2.05) is 22.4 Å². The van der Waals surface area contributed by atoms with Gasteiger partial charge in [-0.05, 0) is 24.3 Å². The second kappa shape index (κ2) is 6.95. The molecule has 1 atom stereocenters. The number of hydrogen-bond donors (Lipinski definition) is 1. The third kappa shape index (κ3) is 3.44. The van der Waals surface area contributed by atoms with Crippen molar-refractivity contribution in [2.45, 2.75) is 44.7 Å². The van der Waals surface area contributed by atoms with Gasteiger partial charge in [0.2, 0.25) is 11.8 Å². The van der Waals surface area contributed by atoms with E-state index in [1.165, 1.54) is 24.2 Å². The van der Waals surface area contributed by atoms with E-state index in [0.717, 1.165) is 17.7 Å². The van der Waals surface area contributed by atoms with Crippen LogP contribution in [0.1, 0.15) is 37.9 Å². The van der Waals surface area contributed by atoms with Crippen molar-refractivity contribution in [3.63, 3.8) is 0 Å². The summed E-state index contributed by atoms with van der Waals surface area (Å²) in [5, 5.41) is 8.66. The molecule has 0 bridgehead atoms. The first kappa shape index (κ1) is 16.3. The highest BCUT2D eigenvalue weighted by molar-refractivity contribution is 7.13. The summed E-state index contributed by atoms with van der Waals surface area (Å²) in [7, 11) is 0. The second-order valence-electron chi connectivity index (χ2n) is 6.60. The third-order valence-electron chi connectivity index (χ3n) is 4.92. The van der Waals surface area contributed by atoms with Crippen molar-refractivity contribution < 1.29 is 14.1 Å². The number of likely N-dealkylation sites (tertiary alicyclic amines) is 1. The molecule has 1 saturated heterocycles. The minimum Gasteiger partial charge on any atom is -0.348 e. The molecule has 3 heterocycles. The molecule has 1 aliphatic carbocycles. The van der Waals surface area contributed by atoms with Gasteiger partial charge in [0.15, 0.2) is 5.82 Å². The Morgan fingerprint density at radius 2 is 2.24 bits per heavy atom. The molecule has 2 amide bonds. The average Bonchev–Trinajstić information content (AvgIpc) is 3.38. The van der Waals surface area contributed by atoms with Gasteiger partial charge >= 0.3 is 0 Å². The Kier molecular flexibility index (Phi) is 4.52. The van der Waals surface area contributed by atoms with Crippen LogP contribution in [0.25, 0.3) is 10.8 Å². The third-order valence-corrected chi connectivity index (χ3v) is 5.77. The fraction of sp³-hybridized carbons (Fsp3) is 0.529. The molecule has 1 N–H and O–H groups in total. The molecule has 1 aliphatic heterocycles. The summed E-state index contributed by atoms with van der Waals surface area (Å²) >= 11 is 1.52. The van der Waals surface area contributed by atoms with Gasteiger partial charge in [-0.15, -0.1) is 11.3 Å². The van der Waals surface area contributed by atoms with Crippen LogP contribution in [0.5, 0.6) is 0 Å². The molecule has 8 heteroatoms. The normalized spacial score (nSPS) is 21.2. The molecular formula is C17H20N4O3S. The Labute approximate surface area is 149 Å². The maximum absolute atomic E-state index is 12.4. The SMILES string of the molecule is O=C(NCc1noc(-c2cccs2)n1)[C@H]1CC(=O)N(C2CCCC2)C1. The van der Waals surface area contributed by atoms with Crippen molar-refractivity contribution in [3.05, 3.63) is 23.3 Å². The van der Waals surface area contributed by atoms with E-state index in [-0.39, 0.29) is 24.3 Å². The van der Waals surface area contributed by atoms with Crippen molar-refractivity contribution >= 4 is 23.2 Å². The van der Waals surface area contributed by atoms with Crippen LogP contribution in [0.4, 0.5) is 0 Å². The number of rotatable bonds is 5. The Balaban J connectivity index is 1.31. The number of nitrogens with one attached hydrogen (secondary N) is 1. The summed E-state index contributed by atoms with van der Waals surface area (Å²) in [5.41, 5.74) is 0. The van der Waals surface area contributed by atoms with Crippen LogP contribution in [0.3, 0.4) is 0 Å². The number of carbonyl (C=O) groups is 2. The largest absolute Gasteiger partial charge is 0.348 e. The quantitative estimate of drug-likeness (QED) is 0.883. The van der Waals surface area contributed by atoms with Gasteiger partial charge in [0, 0.05) is 19.0 Å². The number of nitrogens with zero attached hydrogens (tertiary/aromatic N) is 3. The predicted molar refractivity (Wildman–Crippen MR) is 91.5 cm³/mol. The zero-order valence-corrected chi connectivity index (χ0v) is 14.6. The lowest BCUT2D eigenvalue weighted by Gasteiger charge is -2.23. The maximum Gasteiger partial charge on any atom is 0.268 e. The molecule has 0 spiro atoms. The number of thiophene rings is 1. The van der Waals surface area contributed by atoms with Gasteiger partial charge in [0.25, 0.3) is 5.89 Å². The summed E-state index contributed by atoms with van der Waals surface area (Å²) < 4.78 is 5.20. The van der Waals surface area contributed by atoms with E-state index in [2.05, 4.69) is 15.5 Å². The van der Waals surface area contributed by atoms with E-state index >= 15 is 0 Å². The van der Waals surface area contributed by atoms with E-state index in [9.17, 15) is 9.59 Å². The molecule has 0 unspecified atom stereocenters. The lowest BCUT2D eigenvalue weighted by Crippen LogP contribution is -2.36. The lowest BCUT2D eigenvalue weighted by atomic mass is 10.1. The van der Waals surface area contributed by atoms with Crippen LogP contribution in [-0.4, -0.2) is 39.4 Å². The van der Waals surface area contributed by atoms with E-state index in [0.29, 0.717) is 30.7 Å². The van der Waals surface area contributed by atoms with Crippen molar-refractivity contribution in [1.82, 2.24) is 20.4 Å². The first-order valence-corrected chi connectivity index (χ1v) is 9.52. The zero-order valence-electron chi connectivity index (χ0n) is 13.8. The molecule has 2 aliphatic rings. The molecule has 0 radical (unpaired) electrons. The Hall–Kier alpha value is -2.22. The van der Waals surface area contributed by atoms with Crippen LogP contribution in [-0.2, 0) is 16.1 Å². The number of carbonyl (C=O) groups excluding carboxylic acids is 2. The maximum atomic E-state index is 12.4. The topological polar surface area (TPSA) is 88.3 Å². The second-order valence-corrected chi connectivity index (χ2v) is 7.54. The highest BCUT2D eigenvalue weighted by Crippen LogP contribution is 2.29. The number of hydrogen-bond acceptors (Lipinski definition) is 6. The van der Waals surface area contributed by atoms with E-state index < -0.39 is 0 Å². The number of amides is 2. The van der Waals surface area contributed by atoms with Crippen LogP contribution in [0.15, 0.2) is 22.0 Å². The molecule has 4 rings (SSSR count). The minimum absolute atomic E-state index is 0.103. The van der Waals surface area contributed by atoms with Gasteiger partial charge in [-0.1, -0.05) is 24.1 Å². The van der Waals surface area contributed by atoms with Gasteiger partial charge in [0.05, 0.1) is 17.3 Å². The van der Waals surface area contributed by atoms with E-state index in [4.69, 9.17) is 4.52 Å². The monoisotopic (exact) mass is 360 g/mol.